The van der Waals surface area contributed by atoms with E-state index in [4.69, 9.17) is 5.26 Å². The molecule has 14 heavy (non-hydrogen) atoms. The van der Waals surface area contributed by atoms with Crippen molar-refractivity contribution in [1.82, 2.24) is 15.4 Å². The van der Waals surface area contributed by atoms with Gasteiger partial charge < -0.3 is 0 Å². The summed E-state index contributed by atoms with van der Waals surface area (Å²) in [5.41, 5.74) is 1.84. The van der Waals surface area contributed by atoms with Crippen molar-refractivity contribution in [3.8, 4) is 17.3 Å². The molecule has 0 spiro atoms. The van der Waals surface area contributed by atoms with Crippen LogP contribution in [0.2, 0.25) is 0 Å². The Hall–Kier alpha value is -1.67. The van der Waals surface area contributed by atoms with Crippen LogP contribution in [0.3, 0.4) is 0 Å². The van der Waals surface area contributed by atoms with Gasteiger partial charge in [0, 0.05) is 10.0 Å². The standard InChI is InChI=1S/C9H5BrN4/c10-7-3-1-6(2-4-7)9-8(5-11)12-14-13-9/h1-4H,(H,12,13,14). The van der Waals surface area contributed by atoms with Crippen molar-refractivity contribution in [3.63, 3.8) is 0 Å². The first kappa shape index (κ1) is 8.91. The molecule has 0 atom stereocenters. The molecule has 1 aromatic heterocycles. The highest BCUT2D eigenvalue weighted by atomic mass is 79.9. The molecular formula is C9H5BrN4. The van der Waals surface area contributed by atoms with Crippen LogP contribution in [0, 0.1) is 11.3 Å². The van der Waals surface area contributed by atoms with Crippen LogP contribution < -0.4 is 0 Å². The minimum Gasteiger partial charge on any atom is -0.247 e. The molecule has 1 aromatic carbocycles. The lowest BCUT2D eigenvalue weighted by Gasteiger charge is -1.95. The van der Waals surface area contributed by atoms with E-state index in [2.05, 4.69) is 31.3 Å². The van der Waals surface area contributed by atoms with Crippen LogP contribution in [0.15, 0.2) is 28.7 Å². The number of nitrogens with zero attached hydrogens (tertiary/aromatic N) is 3. The second kappa shape index (κ2) is 3.60. The van der Waals surface area contributed by atoms with Gasteiger partial charge in [0.05, 0.1) is 0 Å². The van der Waals surface area contributed by atoms with Crippen LogP contribution in [0.25, 0.3) is 11.3 Å². The number of nitriles is 1. The predicted octanol–water partition coefficient (Wildman–Crippen LogP) is 2.11. The third-order valence-electron chi connectivity index (χ3n) is 1.78. The number of hydrogen-bond donors (Lipinski definition) is 1. The number of nitrogens with one attached hydrogen (secondary N) is 1. The van der Waals surface area contributed by atoms with Gasteiger partial charge in [-0.1, -0.05) is 33.3 Å². The summed E-state index contributed by atoms with van der Waals surface area (Å²) in [6.07, 6.45) is 0. The van der Waals surface area contributed by atoms with Crippen molar-refractivity contribution in [3.05, 3.63) is 34.4 Å². The van der Waals surface area contributed by atoms with Crippen molar-refractivity contribution < 1.29 is 0 Å². The molecule has 0 bridgehead atoms. The van der Waals surface area contributed by atoms with Crippen molar-refractivity contribution in [2.45, 2.75) is 0 Å². The van der Waals surface area contributed by atoms with Crippen LogP contribution >= 0.6 is 15.9 Å². The molecule has 5 heteroatoms. The summed E-state index contributed by atoms with van der Waals surface area (Å²) >= 11 is 3.34. The molecule has 2 aromatic rings. The lowest BCUT2D eigenvalue weighted by Crippen LogP contribution is -1.81. The van der Waals surface area contributed by atoms with E-state index in [1.165, 1.54) is 0 Å². The number of hydrogen-bond acceptors (Lipinski definition) is 3. The maximum Gasteiger partial charge on any atom is 0.163 e. The number of H-pyrrole nitrogens is 1. The number of benzene rings is 1. The minimum absolute atomic E-state index is 0.382. The molecule has 0 aliphatic heterocycles. The van der Waals surface area contributed by atoms with E-state index in [1.54, 1.807) is 0 Å². The van der Waals surface area contributed by atoms with E-state index < -0.39 is 0 Å². The molecule has 0 amide bonds. The molecule has 0 saturated heterocycles. The smallest absolute Gasteiger partial charge is 0.163 e. The Labute approximate surface area is 88.7 Å². The van der Waals surface area contributed by atoms with Gasteiger partial charge in [-0.05, 0) is 12.1 Å². The Bertz CT molecular complexity index is 480. The highest BCUT2D eigenvalue weighted by Crippen LogP contribution is 2.21. The Kier molecular flexibility index (Phi) is 2.29. The zero-order valence-corrected chi connectivity index (χ0v) is 8.62. The zero-order chi connectivity index (χ0) is 9.97. The van der Waals surface area contributed by atoms with Gasteiger partial charge in [-0.2, -0.15) is 5.26 Å². The third kappa shape index (κ3) is 1.52. The molecule has 0 aliphatic carbocycles. The largest absolute Gasteiger partial charge is 0.247 e. The highest BCUT2D eigenvalue weighted by Gasteiger charge is 2.07. The summed E-state index contributed by atoms with van der Waals surface area (Å²) in [7, 11) is 0. The average Bonchev–Trinajstić information content (AvgIpc) is 2.67. The number of aromatic nitrogens is 3. The molecular weight excluding hydrogens is 244 g/mol. The summed E-state index contributed by atoms with van der Waals surface area (Å²) in [5, 5.41) is 18.7. The van der Waals surface area contributed by atoms with Gasteiger partial charge in [0.15, 0.2) is 5.69 Å². The van der Waals surface area contributed by atoms with Gasteiger partial charge in [-0.3, -0.25) is 0 Å². The summed E-state index contributed by atoms with van der Waals surface area (Å²) < 4.78 is 0.989. The Morgan fingerprint density at radius 3 is 2.64 bits per heavy atom. The molecule has 1 N–H and O–H groups in total. The highest BCUT2D eigenvalue weighted by molar-refractivity contribution is 9.10. The van der Waals surface area contributed by atoms with Gasteiger partial charge >= 0.3 is 0 Å². The lowest BCUT2D eigenvalue weighted by molar-refractivity contribution is 0.937. The topological polar surface area (TPSA) is 65.4 Å². The summed E-state index contributed by atoms with van der Waals surface area (Å²) in [6.45, 7) is 0. The van der Waals surface area contributed by atoms with E-state index in [-0.39, 0.29) is 0 Å². The van der Waals surface area contributed by atoms with Crippen LogP contribution in [0.4, 0.5) is 0 Å². The van der Waals surface area contributed by atoms with E-state index >= 15 is 0 Å². The van der Waals surface area contributed by atoms with Crippen molar-refractivity contribution in [2.24, 2.45) is 0 Å². The fourth-order valence-electron chi connectivity index (χ4n) is 1.12. The van der Waals surface area contributed by atoms with Crippen molar-refractivity contribution in [2.75, 3.05) is 0 Å². The van der Waals surface area contributed by atoms with E-state index in [0.717, 1.165) is 10.0 Å². The van der Waals surface area contributed by atoms with Crippen LogP contribution in [-0.2, 0) is 0 Å². The van der Waals surface area contributed by atoms with Gasteiger partial charge in [0.25, 0.3) is 0 Å². The molecule has 2 rings (SSSR count). The molecule has 0 radical (unpaired) electrons. The molecule has 68 valence electrons. The molecule has 0 unspecified atom stereocenters. The summed E-state index contributed by atoms with van der Waals surface area (Å²) in [6, 6.07) is 9.54. The fourth-order valence-corrected chi connectivity index (χ4v) is 1.38. The van der Waals surface area contributed by atoms with Gasteiger partial charge in [0.2, 0.25) is 0 Å². The predicted molar refractivity (Wildman–Crippen MR) is 54.2 cm³/mol. The Balaban J connectivity index is 2.50. The maximum atomic E-state index is 8.75. The third-order valence-corrected chi connectivity index (χ3v) is 2.31. The second-order valence-electron chi connectivity index (χ2n) is 2.65. The van der Waals surface area contributed by atoms with E-state index in [0.29, 0.717) is 11.4 Å². The van der Waals surface area contributed by atoms with Gasteiger partial charge in [-0.25, -0.2) is 5.10 Å². The summed E-state index contributed by atoms with van der Waals surface area (Å²) in [5.74, 6) is 0. The van der Waals surface area contributed by atoms with Crippen LogP contribution in [0.1, 0.15) is 5.69 Å². The molecule has 0 fully saturated rings. The van der Waals surface area contributed by atoms with E-state index in [1.807, 2.05) is 30.3 Å². The minimum atomic E-state index is 0.382. The number of aromatic amines is 1. The SMILES string of the molecule is N#Cc1[nH]nnc1-c1ccc(Br)cc1. The Morgan fingerprint density at radius 1 is 1.29 bits per heavy atom. The van der Waals surface area contributed by atoms with Crippen LogP contribution in [-0.4, -0.2) is 15.4 Å². The average molecular weight is 249 g/mol. The van der Waals surface area contributed by atoms with E-state index in [9.17, 15) is 0 Å². The number of rotatable bonds is 1. The lowest BCUT2D eigenvalue weighted by atomic mass is 10.1. The molecule has 4 nitrogen and oxygen atoms in total. The Morgan fingerprint density at radius 2 is 2.00 bits per heavy atom. The molecule has 0 aliphatic rings. The van der Waals surface area contributed by atoms with Crippen LogP contribution in [0.5, 0.6) is 0 Å². The normalized spacial score (nSPS) is 9.71. The fraction of sp³-hybridized carbons (Fsp3) is 0. The number of halogens is 1. The van der Waals surface area contributed by atoms with Gasteiger partial charge in [-0.15, -0.1) is 5.10 Å². The first-order valence-corrected chi connectivity index (χ1v) is 4.67. The maximum absolute atomic E-state index is 8.75. The van der Waals surface area contributed by atoms with Crippen molar-refractivity contribution >= 4 is 15.9 Å². The zero-order valence-electron chi connectivity index (χ0n) is 7.03. The quantitative estimate of drug-likeness (QED) is 0.841. The second-order valence-corrected chi connectivity index (χ2v) is 3.57. The summed E-state index contributed by atoms with van der Waals surface area (Å²) in [4.78, 5) is 0. The first-order valence-electron chi connectivity index (χ1n) is 3.88. The molecule has 1 heterocycles. The van der Waals surface area contributed by atoms with Gasteiger partial charge in [0.1, 0.15) is 11.8 Å². The first-order chi connectivity index (χ1) is 6.81. The molecule has 0 saturated carbocycles. The van der Waals surface area contributed by atoms with Crippen molar-refractivity contribution in [1.29, 1.82) is 5.26 Å². The monoisotopic (exact) mass is 248 g/mol.